The molecule has 0 aliphatic heterocycles. The zero-order chi connectivity index (χ0) is 20.0. The predicted octanol–water partition coefficient (Wildman–Crippen LogP) is 4.60. The largest absolute Gasteiger partial charge is 0.309 e. The number of aromatic nitrogens is 5. The number of H-pyrrole nitrogens is 1. The molecule has 4 aromatic heterocycles. The van der Waals surface area contributed by atoms with Gasteiger partial charge in [-0.3, -0.25) is 4.79 Å². The van der Waals surface area contributed by atoms with Gasteiger partial charge in [0, 0.05) is 5.56 Å². The minimum absolute atomic E-state index is 0.0941. The molecule has 4 heterocycles. The monoisotopic (exact) mass is 419 g/mol. The van der Waals surface area contributed by atoms with Gasteiger partial charge in [0.2, 0.25) is 0 Å². The number of nitrogens with one attached hydrogen (secondary N) is 1. The van der Waals surface area contributed by atoms with Crippen LogP contribution in [0.15, 0.2) is 57.8 Å². The number of benzene rings is 1. The Morgan fingerprint density at radius 2 is 1.97 bits per heavy atom. The number of thioether (sulfide) groups is 1. The van der Waals surface area contributed by atoms with E-state index in [0.29, 0.717) is 16.3 Å². The van der Waals surface area contributed by atoms with E-state index in [9.17, 15) is 4.79 Å². The van der Waals surface area contributed by atoms with Gasteiger partial charge in [0.25, 0.3) is 5.56 Å². The van der Waals surface area contributed by atoms with Crippen LogP contribution in [0.5, 0.6) is 0 Å². The standard InChI is InChI=1S/C21H17N5OS2/c1-12-10-13(2)25-26-18(12)17(14-6-4-3-5-7-14)24-21(26)29-11-16-22-15-8-9-28-19(15)20(27)23-16/h3-10H,11H2,1-2H3,(H,22,23,27). The molecule has 144 valence electrons. The fourth-order valence-electron chi connectivity index (χ4n) is 3.42. The molecule has 6 nitrogen and oxygen atoms in total. The highest BCUT2D eigenvalue weighted by Crippen LogP contribution is 2.31. The molecule has 0 aliphatic rings. The van der Waals surface area contributed by atoms with Gasteiger partial charge in [-0.15, -0.1) is 11.3 Å². The lowest BCUT2D eigenvalue weighted by Gasteiger charge is -2.04. The number of hydrogen-bond acceptors (Lipinski definition) is 6. The van der Waals surface area contributed by atoms with E-state index in [4.69, 9.17) is 10.1 Å². The number of fused-ring (bicyclic) bond motifs is 2. The molecule has 0 spiro atoms. The van der Waals surface area contributed by atoms with Crippen LogP contribution >= 0.6 is 23.1 Å². The topological polar surface area (TPSA) is 75.9 Å². The van der Waals surface area contributed by atoms with Crippen LogP contribution in [0.25, 0.3) is 27.0 Å². The summed E-state index contributed by atoms with van der Waals surface area (Å²) in [4.78, 5) is 24.6. The molecule has 0 amide bonds. The smallest absolute Gasteiger partial charge is 0.268 e. The van der Waals surface area contributed by atoms with E-state index in [1.165, 1.54) is 23.1 Å². The molecule has 29 heavy (non-hydrogen) atoms. The lowest BCUT2D eigenvalue weighted by atomic mass is 10.1. The molecule has 0 saturated carbocycles. The third-order valence-corrected chi connectivity index (χ3v) is 6.47. The van der Waals surface area contributed by atoms with E-state index in [0.717, 1.165) is 38.7 Å². The Morgan fingerprint density at radius 3 is 2.79 bits per heavy atom. The maximum Gasteiger partial charge on any atom is 0.268 e. The van der Waals surface area contributed by atoms with Gasteiger partial charge in [-0.2, -0.15) is 5.10 Å². The molecule has 0 bridgehead atoms. The number of aryl methyl sites for hydroxylation is 2. The molecular formula is C21H17N5OS2. The molecule has 8 heteroatoms. The van der Waals surface area contributed by atoms with Crippen LogP contribution in [0.2, 0.25) is 0 Å². The minimum Gasteiger partial charge on any atom is -0.309 e. The maximum atomic E-state index is 12.2. The molecule has 0 saturated heterocycles. The van der Waals surface area contributed by atoms with Crippen LogP contribution in [0.4, 0.5) is 0 Å². The van der Waals surface area contributed by atoms with Crippen LogP contribution in [0, 0.1) is 13.8 Å². The SMILES string of the molecule is Cc1cc(C)c2c(-c3ccccc3)nc(SCc3nc4ccsc4c(=O)[nH]3)n2n1. The Hall–Kier alpha value is -2.97. The van der Waals surface area contributed by atoms with Crippen molar-refractivity contribution in [3.8, 4) is 11.3 Å². The maximum absolute atomic E-state index is 12.2. The first-order valence-electron chi connectivity index (χ1n) is 9.12. The second kappa shape index (κ2) is 7.13. The number of imidazole rings is 1. The highest BCUT2D eigenvalue weighted by atomic mass is 32.2. The van der Waals surface area contributed by atoms with Crippen LogP contribution in [0.3, 0.4) is 0 Å². The van der Waals surface area contributed by atoms with Crippen LogP contribution in [0.1, 0.15) is 17.1 Å². The van der Waals surface area contributed by atoms with E-state index in [-0.39, 0.29) is 5.56 Å². The Bertz CT molecular complexity index is 1400. The van der Waals surface area contributed by atoms with Gasteiger partial charge in [-0.05, 0) is 36.9 Å². The first-order valence-corrected chi connectivity index (χ1v) is 11.0. The molecule has 1 N–H and O–H groups in total. The van der Waals surface area contributed by atoms with Gasteiger partial charge in [-0.25, -0.2) is 14.5 Å². The van der Waals surface area contributed by atoms with Gasteiger partial charge in [0.05, 0.1) is 28.2 Å². The molecule has 5 rings (SSSR count). The molecule has 0 fully saturated rings. The van der Waals surface area contributed by atoms with E-state index < -0.39 is 0 Å². The van der Waals surface area contributed by atoms with Gasteiger partial charge >= 0.3 is 0 Å². The van der Waals surface area contributed by atoms with Crippen molar-refractivity contribution in [2.45, 2.75) is 24.8 Å². The molecule has 0 atom stereocenters. The van der Waals surface area contributed by atoms with Crippen molar-refractivity contribution >= 4 is 38.8 Å². The second-order valence-electron chi connectivity index (χ2n) is 6.77. The zero-order valence-corrected chi connectivity index (χ0v) is 17.5. The van der Waals surface area contributed by atoms with Crippen molar-refractivity contribution in [3.05, 3.63) is 75.3 Å². The number of hydrogen-bond donors (Lipinski definition) is 1. The second-order valence-corrected chi connectivity index (χ2v) is 8.63. The third-order valence-electron chi connectivity index (χ3n) is 4.63. The Kier molecular flexibility index (Phi) is 4.44. The highest BCUT2D eigenvalue weighted by molar-refractivity contribution is 7.98. The van der Waals surface area contributed by atoms with Crippen molar-refractivity contribution in [1.29, 1.82) is 0 Å². The van der Waals surface area contributed by atoms with Gasteiger partial charge in [0.1, 0.15) is 10.5 Å². The number of nitrogens with zero attached hydrogens (tertiary/aromatic N) is 4. The van der Waals surface area contributed by atoms with Crippen molar-refractivity contribution in [1.82, 2.24) is 24.6 Å². The normalized spacial score (nSPS) is 11.5. The fraction of sp³-hybridized carbons (Fsp3) is 0.143. The summed E-state index contributed by atoms with van der Waals surface area (Å²) in [6.07, 6.45) is 0. The summed E-state index contributed by atoms with van der Waals surface area (Å²) >= 11 is 2.92. The van der Waals surface area contributed by atoms with E-state index in [2.05, 4.69) is 35.1 Å². The molecular weight excluding hydrogens is 402 g/mol. The van der Waals surface area contributed by atoms with Crippen molar-refractivity contribution < 1.29 is 0 Å². The predicted molar refractivity (Wildman–Crippen MR) is 118 cm³/mol. The van der Waals surface area contributed by atoms with E-state index in [1.54, 1.807) is 0 Å². The summed E-state index contributed by atoms with van der Waals surface area (Å²) in [6, 6.07) is 14.1. The minimum atomic E-state index is -0.0941. The third kappa shape index (κ3) is 3.24. The van der Waals surface area contributed by atoms with Crippen LogP contribution < -0.4 is 5.56 Å². The average Bonchev–Trinajstić information content (AvgIpc) is 3.32. The van der Waals surface area contributed by atoms with Gasteiger partial charge < -0.3 is 4.98 Å². The lowest BCUT2D eigenvalue weighted by molar-refractivity contribution is 0.792. The van der Waals surface area contributed by atoms with Crippen molar-refractivity contribution in [3.63, 3.8) is 0 Å². The van der Waals surface area contributed by atoms with E-state index in [1.807, 2.05) is 41.1 Å². The molecule has 0 radical (unpaired) electrons. The average molecular weight is 420 g/mol. The summed E-state index contributed by atoms with van der Waals surface area (Å²) in [5.74, 6) is 1.14. The molecule has 1 aromatic carbocycles. The van der Waals surface area contributed by atoms with E-state index >= 15 is 0 Å². The Morgan fingerprint density at radius 1 is 1.14 bits per heavy atom. The summed E-state index contributed by atoms with van der Waals surface area (Å²) < 4.78 is 2.56. The van der Waals surface area contributed by atoms with Gasteiger partial charge in [0.15, 0.2) is 5.16 Å². The first-order chi connectivity index (χ1) is 14.1. The summed E-state index contributed by atoms with van der Waals surface area (Å²) in [6.45, 7) is 4.06. The quantitative estimate of drug-likeness (QED) is 0.431. The van der Waals surface area contributed by atoms with Crippen molar-refractivity contribution in [2.75, 3.05) is 0 Å². The number of thiophene rings is 1. The summed E-state index contributed by atoms with van der Waals surface area (Å²) in [5.41, 5.74) is 5.66. The van der Waals surface area contributed by atoms with Gasteiger partial charge in [-0.1, -0.05) is 42.1 Å². The summed E-state index contributed by atoms with van der Waals surface area (Å²) in [5, 5.41) is 7.36. The number of rotatable bonds is 4. The van der Waals surface area contributed by atoms with Crippen LogP contribution in [-0.4, -0.2) is 24.6 Å². The Balaban J connectivity index is 1.58. The zero-order valence-electron chi connectivity index (χ0n) is 15.8. The summed E-state index contributed by atoms with van der Waals surface area (Å²) in [7, 11) is 0. The van der Waals surface area contributed by atoms with Crippen LogP contribution in [-0.2, 0) is 5.75 Å². The lowest BCUT2D eigenvalue weighted by Crippen LogP contribution is -2.09. The molecule has 0 unspecified atom stereocenters. The molecule has 5 aromatic rings. The van der Waals surface area contributed by atoms with Crippen molar-refractivity contribution in [2.24, 2.45) is 0 Å². The molecule has 0 aliphatic carbocycles. The fourth-order valence-corrected chi connectivity index (χ4v) is 4.96. The highest BCUT2D eigenvalue weighted by Gasteiger charge is 2.17. The number of aromatic amines is 1. The first kappa shape index (κ1) is 18.1. The Labute approximate surface area is 174 Å².